The first-order valence-corrected chi connectivity index (χ1v) is 4.52. The maximum Gasteiger partial charge on any atom is 0.216 e. The molecule has 0 saturated heterocycles. The van der Waals surface area contributed by atoms with E-state index in [9.17, 15) is 0 Å². The van der Waals surface area contributed by atoms with Gasteiger partial charge < -0.3 is 4.74 Å². The molecule has 0 saturated carbocycles. The average Bonchev–Trinajstić information content (AvgIpc) is 2.45. The second kappa shape index (κ2) is 2.69. The number of nitrogens with zero attached hydrogens (tertiary/aromatic N) is 2. The third-order valence-electron chi connectivity index (χ3n) is 2.06. The van der Waals surface area contributed by atoms with E-state index in [1.807, 2.05) is 12.2 Å². The topological polar surface area (TPSA) is 34.0 Å². The lowest BCUT2D eigenvalue weighted by molar-refractivity contribution is 0.194. The maximum absolute atomic E-state index is 5.63. The van der Waals surface area contributed by atoms with Gasteiger partial charge in [0, 0.05) is 11.6 Å². The molecule has 0 aromatic carbocycles. The molecule has 0 radical (unpaired) electrons. The van der Waals surface area contributed by atoms with Gasteiger partial charge in [0.25, 0.3) is 0 Å². The minimum absolute atomic E-state index is 0.0132. The molecule has 0 aliphatic carbocycles. The molecular formula is C10H14N2O. The molecule has 3 heteroatoms. The van der Waals surface area contributed by atoms with Gasteiger partial charge >= 0.3 is 0 Å². The molecule has 2 heterocycles. The van der Waals surface area contributed by atoms with Crippen LogP contribution in [0, 0.1) is 5.41 Å². The molecule has 0 aromatic heterocycles. The Bertz CT molecular complexity index is 297. The SMILES string of the molecule is CC(C)(C)C1=NC2C=CC=NC2O1. The number of rotatable bonds is 0. The van der Waals surface area contributed by atoms with Crippen LogP contribution in [-0.4, -0.2) is 24.4 Å². The first-order valence-electron chi connectivity index (χ1n) is 4.52. The number of hydrogen-bond acceptors (Lipinski definition) is 3. The molecule has 0 aromatic rings. The summed E-state index contributed by atoms with van der Waals surface area (Å²) in [5, 5.41) is 0. The molecule has 0 amide bonds. The van der Waals surface area contributed by atoms with Crippen molar-refractivity contribution in [1.82, 2.24) is 0 Å². The molecule has 2 atom stereocenters. The standard InChI is InChI=1S/C10H14N2O/c1-10(2,3)9-12-7-5-4-6-11-8(7)13-9/h4-8H,1-3H3. The van der Waals surface area contributed by atoms with Crippen molar-refractivity contribution in [2.24, 2.45) is 15.4 Å². The number of allylic oxidation sites excluding steroid dienone is 1. The highest BCUT2D eigenvalue weighted by Crippen LogP contribution is 2.27. The van der Waals surface area contributed by atoms with Crippen molar-refractivity contribution < 1.29 is 4.74 Å². The van der Waals surface area contributed by atoms with E-state index in [2.05, 4.69) is 30.8 Å². The van der Waals surface area contributed by atoms with Gasteiger partial charge in [0.15, 0.2) is 5.90 Å². The Morgan fingerprint density at radius 3 is 2.77 bits per heavy atom. The van der Waals surface area contributed by atoms with Crippen LogP contribution < -0.4 is 0 Å². The van der Waals surface area contributed by atoms with Gasteiger partial charge in [-0.25, -0.2) is 9.98 Å². The fourth-order valence-electron chi connectivity index (χ4n) is 1.34. The van der Waals surface area contributed by atoms with Gasteiger partial charge in [0.1, 0.15) is 6.04 Å². The lowest BCUT2D eigenvalue weighted by Gasteiger charge is -2.18. The summed E-state index contributed by atoms with van der Waals surface area (Å²) in [5.41, 5.74) is -0.0132. The molecule has 2 unspecified atom stereocenters. The van der Waals surface area contributed by atoms with Crippen molar-refractivity contribution in [3.63, 3.8) is 0 Å². The van der Waals surface area contributed by atoms with E-state index in [1.54, 1.807) is 6.21 Å². The van der Waals surface area contributed by atoms with Crippen LogP contribution in [-0.2, 0) is 4.74 Å². The Morgan fingerprint density at radius 1 is 1.38 bits per heavy atom. The second-order valence-corrected chi connectivity index (χ2v) is 4.37. The van der Waals surface area contributed by atoms with Crippen LogP contribution in [0.2, 0.25) is 0 Å². The number of fused-ring (bicyclic) bond motifs is 1. The third kappa shape index (κ3) is 1.50. The first kappa shape index (κ1) is 8.48. The van der Waals surface area contributed by atoms with Gasteiger partial charge in [0.05, 0.1) is 0 Å². The van der Waals surface area contributed by atoms with Crippen LogP contribution in [0.3, 0.4) is 0 Å². The molecule has 3 nitrogen and oxygen atoms in total. The van der Waals surface area contributed by atoms with Crippen molar-refractivity contribution in [2.75, 3.05) is 0 Å². The zero-order valence-electron chi connectivity index (χ0n) is 8.19. The summed E-state index contributed by atoms with van der Waals surface area (Å²) in [6, 6.07) is 0.0965. The Balaban J connectivity index is 2.20. The van der Waals surface area contributed by atoms with E-state index < -0.39 is 0 Å². The fourth-order valence-corrected chi connectivity index (χ4v) is 1.34. The molecule has 0 fully saturated rings. The molecule has 2 aliphatic heterocycles. The van der Waals surface area contributed by atoms with Crippen molar-refractivity contribution in [1.29, 1.82) is 0 Å². The molecule has 2 rings (SSSR count). The summed E-state index contributed by atoms with van der Waals surface area (Å²) in [6.45, 7) is 6.28. The Kier molecular flexibility index (Phi) is 1.75. The highest BCUT2D eigenvalue weighted by atomic mass is 16.5. The summed E-state index contributed by atoms with van der Waals surface area (Å²) in [6.07, 6.45) is 5.59. The van der Waals surface area contributed by atoms with E-state index in [0.717, 1.165) is 5.90 Å². The van der Waals surface area contributed by atoms with Gasteiger partial charge in [-0.05, 0) is 6.08 Å². The van der Waals surface area contributed by atoms with Crippen molar-refractivity contribution in [3.05, 3.63) is 12.2 Å². The van der Waals surface area contributed by atoms with Crippen LogP contribution in [0.1, 0.15) is 20.8 Å². The van der Waals surface area contributed by atoms with Gasteiger partial charge in [-0.2, -0.15) is 0 Å². The molecular weight excluding hydrogens is 164 g/mol. The van der Waals surface area contributed by atoms with Crippen LogP contribution in [0.15, 0.2) is 22.1 Å². The predicted octanol–water partition coefficient (Wildman–Crippen LogP) is 1.80. The Morgan fingerprint density at radius 2 is 2.15 bits per heavy atom. The van der Waals surface area contributed by atoms with Gasteiger partial charge in [0.2, 0.25) is 6.23 Å². The maximum atomic E-state index is 5.63. The lowest BCUT2D eigenvalue weighted by Crippen LogP contribution is -2.24. The van der Waals surface area contributed by atoms with Gasteiger partial charge in [-0.15, -0.1) is 0 Å². The molecule has 0 N–H and O–H groups in total. The second-order valence-electron chi connectivity index (χ2n) is 4.37. The molecule has 0 spiro atoms. The first-order chi connectivity index (χ1) is 6.07. The fraction of sp³-hybridized carbons (Fsp3) is 0.600. The minimum Gasteiger partial charge on any atom is -0.453 e. The Labute approximate surface area is 78.2 Å². The summed E-state index contributed by atoms with van der Waals surface area (Å²) in [4.78, 5) is 8.68. The number of ether oxygens (including phenoxy) is 1. The quantitative estimate of drug-likeness (QED) is 0.557. The van der Waals surface area contributed by atoms with E-state index >= 15 is 0 Å². The number of hydrogen-bond donors (Lipinski definition) is 0. The largest absolute Gasteiger partial charge is 0.453 e. The summed E-state index contributed by atoms with van der Waals surface area (Å²) < 4.78 is 5.63. The molecule has 2 aliphatic rings. The summed E-state index contributed by atoms with van der Waals surface area (Å²) >= 11 is 0. The normalized spacial score (nSPS) is 31.2. The molecule has 70 valence electrons. The van der Waals surface area contributed by atoms with E-state index in [0.29, 0.717) is 0 Å². The highest BCUT2D eigenvalue weighted by Gasteiger charge is 2.34. The van der Waals surface area contributed by atoms with Crippen molar-refractivity contribution in [3.8, 4) is 0 Å². The van der Waals surface area contributed by atoms with Crippen LogP contribution >= 0.6 is 0 Å². The highest BCUT2D eigenvalue weighted by molar-refractivity contribution is 5.84. The zero-order chi connectivity index (χ0) is 9.47. The smallest absolute Gasteiger partial charge is 0.216 e. The van der Waals surface area contributed by atoms with Crippen molar-refractivity contribution in [2.45, 2.75) is 33.0 Å². The van der Waals surface area contributed by atoms with E-state index in [1.165, 1.54) is 0 Å². The lowest BCUT2D eigenvalue weighted by atomic mass is 9.97. The van der Waals surface area contributed by atoms with Gasteiger partial charge in [-0.1, -0.05) is 26.8 Å². The van der Waals surface area contributed by atoms with Crippen LogP contribution in [0.4, 0.5) is 0 Å². The Hall–Kier alpha value is -1.12. The molecule has 13 heavy (non-hydrogen) atoms. The minimum atomic E-state index is -0.112. The van der Waals surface area contributed by atoms with E-state index in [4.69, 9.17) is 4.74 Å². The monoisotopic (exact) mass is 178 g/mol. The number of aliphatic imine (C=N–C) groups is 2. The van der Waals surface area contributed by atoms with Crippen LogP contribution in [0.25, 0.3) is 0 Å². The predicted molar refractivity (Wildman–Crippen MR) is 53.2 cm³/mol. The third-order valence-corrected chi connectivity index (χ3v) is 2.06. The summed E-state index contributed by atoms with van der Waals surface area (Å²) in [5.74, 6) is 0.811. The summed E-state index contributed by atoms with van der Waals surface area (Å²) in [7, 11) is 0. The van der Waals surface area contributed by atoms with Gasteiger partial charge in [-0.3, -0.25) is 0 Å². The van der Waals surface area contributed by atoms with Crippen molar-refractivity contribution >= 4 is 12.1 Å². The van der Waals surface area contributed by atoms with E-state index in [-0.39, 0.29) is 17.7 Å². The van der Waals surface area contributed by atoms with Crippen LogP contribution in [0.5, 0.6) is 0 Å². The number of dihydropyridines is 1. The zero-order valence-corrected chi connectivity index (χ0v) is 8.19. The average molecular weight is 178 g/mol. The molecule has 0 bridgehead atoms.